The predicted octanol–water partition coefficient (Wildman–Crippen LogP) is 2.41. The van der Waals surface area contributed by atoms with Gasteiger partial charge in [0.2, 0.25) is 0 Å². The molecule has 0 unspecified atom stereocenters. The molecule has 16 heavy (non-hydrogen) atoms. The quantitative estimate of drug-likeness (QED) is 0.781. The molecular formula is C13H21N3. The Hall–Kier alpha value is -0.960. The average molecular weight is 219 g/mol. The van der Waals surface area contributed by atoms with Crippen LogP contribution in [0.5, 0.6) is 0 Å². The third kappa shape index (κ3) is 3.01. The first-order valence-corrected chi connectivity index (χ1v) is 6.28. The van der Waals surface area contributed by atoms with Crippen molar-refractivity contribution in [2.24, 2.45) is 5.92 Å². The van der Waals surface area contributed by atoms with Gasteiger partial charge in [-0.25, -0.2) is 9.97 Å². The van der Waals surface area contributed by atoms with Crippen LogP contribution in [0.15, 0.2) is 12.4 Å². The van der Waals surface area contributed by atoms with E-state index in [2.05, 4.69) is 21.8 Å². The maximum absolute atomic E-state index is 4.24. The molecule has 0 aromatic carbocycles. The number of aryl methyl sites for hydroxylation is 1. The lowest BCUT2D eigenvalue weighted by atomic mass is 9.94. The fourth-order valence-corrected chi connectivity index (χ4v) is 2.31. The summed E-state index contributed by atoms with van der Waals surface area (Å²) in [5, 5.41) is 0. The van der Waals surface area contributed by atoms with Crippen LogP contribution in [0.2, 0.25) is 0 Å². The van der Waals surface area contributed by atoms with Gasteiger partial charge in [-0.15, -0.1) is 0 Å². The van der Waals surface area contributed by atoms with Crippen molar-refractivity contribution in [3.05, 3.63) is 23.8 Å². The lowest BCUT2D eigenvalue weighted by Gasteiger charge is -2.31. The van der Waals surface area contributed by atoms with E-state index in [0.29, 0.717) is 0 Å². The largest absolute Gasteiger partial charge is 0.299 e. The minimum absolute atomic E-state index is 0.855. The lowest BCUT2D eigenvalue weighted by Crippen LogP contribution is -2.33. The maximum atomic E-state index is 4.24. The number of rotatable bonds is 3. The van der Waals surface area contributed by atoms with Gasteiger partial charge >= 0.3 is 0 Å². The van der Waals surface area contributed by atoms with Crippen molar-refractivity contribution in [3.8, 4) is 0 Å². The normalized spacial score (nSPS) is 18.9. The molecule has 2 heterocycles. The Balaban J connectivity index is 1.84. The van der Waals surface area contributed by atoms with E-state index in [1.165, 1.54) is 37.9 Å². The molecule has 0 N–H and O–H groups in total. The number of aromatic nitrogens is 2. The van der Waals surface area contributed by atoms with Crippen LogP contribution < -0.4 is 0 Å². The van der Waals surface area contributed by atoms with Crippen LogP contribution >= 0.6 is 0 Å². The second kappa shape index (κ2) is 5.39. The van der Waals surface area contributed by atoms with Gasteiger partial charge < -0.3 is 0 Å². The van der Waals surface area contributed by atoms with Gasteiger partial charge in [-0.3, -0.25) is 4.90 Å². The molecule has 2 rings (SSSR count). The summed E-state index contributed by atoms with van der Waals surface area (Å²) in [4.78, 5) is 11.0. The molecule has 0 atom stereocenters. The topological polar surface area (TPSA) is 29.0 Å². The number of nitrogens with zero attached hydrogens (tertiary/aromatic N) is 3. The second-order valence-corrected chi connectivity index (χ2v) is 4.77. The Morgan fingerprint density at radius 3 is 2.44 bits per heavy atom. The van der Waals surface area contributed by atoms with Crippen LogP contribution in [0.3, 0.4) is 0 Å². The second-order valence-electron chi connectivity index (χ2n) is 4.77. The zero-order chi connectivity index (χ0) is 11.4. The van der Waals surface area contributed by atoms with Crippen molar-refractivity contribution in [2.45, 2.75) is 39.7 Å². The van der Waals surface area contributed by atoms with Crippen molar-refractivity contribution in [3.63, 3.8) is 0 Å². The van der Waals surface area contributed by atoms with Crippen molar-refractivity contribution in [2.75, 3.05) is 13.1 Å². The monoisotopic (exact) mass is 219 g/mol. The van der Waals surface area contributed by atoms with Crippen molar-refractivity contribution >= 4 is 0 Å². The summed E-state index contributed by atoms with van der Waals surface area (Å²) in [5.74, 6) is 1.80. The zero-order valence-corrected chi connectivity index (χ0v) is 10.3. The predicted molar refractivity (Wildman–Crippen MR) is 65.1 cm³/mol. The molecule has 0 bridgehead atoms. The number of likely N-dealkylation sites (tertiary alicyclic amines) is 1. The standard InChI is InChI=1S/C13H21N3/c1-3-12-4-6-16(7-5-12)10-13-8-14-11(2)15-9-13/h8-9,12H,3-7,10H2,1-2H3. The zero-order valence-electron chi connectivity index (χ0n) is 10.3. The van der Waals surface area contributed by atoms with Crippen LogP contribution in [0, 0.1) is 12.8 Å². The van der Waals surface area contributed by atoms with E-state index in [9.17, 15) is 0 Å². The van der Waals surface area contributed by atoms with E-state index < -0.39 is 0 Å². The fourth-order valence-electron chi connectivity index (χ4n) is 2.31. The molecule has 1 aliphatic heterocycles. The summed E-state index contributed by atoms with van der Waals surface area (Å²) in [7, 11) is 0. The van der Waals surface area contributed by atoms with Crippen LogP contribution in [0.4, 0.5) is 0 Å². The molecule has 0 spiro atoms. The smallest absolute Gasteiger partial charge is 0.125 e. The molecule has 3 heteroatoms. The minimum Gasteiger partial charge on any atom is -0.299 e. The Morgan fingerprint density at radius 1 is 1.25 bits per heavy atom. The summed E-state index contributed by atoms with van der Waals surface area (Å²) < 4.78 is 0. The maximum Gasteiger partial charge on any atom is 0.125 e. The van der Waals surface area contributed by atoms with Gasteiger partial charge in [-0.05, 0) is 38.8 Å². The Kier molecular flexibility index (Phi) is 3.88. The van der Waals surface area contributed by atoms with Gasteiger partial charge in [0.25, 0.3) is 0 Å². The molecule has 1 fully saturated rings. The number of hydrogen-bond acceptors (Lipinski definition) is 3. The average Bonchev–Trinajstić information content (AvgIpc) is 2.33. The molecule has 0 saturated carbocycles. The summed E-state index contributed by atoms with van der Waals surface area (Å²) >= 11 is 0. The molecule has 0 radical (unpaired) electrons. The van der Waals surface area contributed by atoms with E-state index in [4.69, 9.17) is 0 Å². The first kappa shape index (κ1) is 11.5. The van der Waals surface area contributed by atoms with Crippen LogP contribution in [-0.4, -0.2) is 28.0 Å². The molecule has 88 valence electrons. The highest BCUT2D eigenvalue weighted by Crippen LogP contribution is 2.20. The summed E-state index contributed by atoms with van der Waals surface area (Å²) in [5.41, 5.74) is 1.24. The number of piperidine rings is 1. The number of hydrogen-bond donors (Lipinski definition) is 0. The molecule has 1 aromatic heterocycles. The van der Waals surface area contributed by atoms with Crippen LogP contribution in [-0.2, 0) is 6.54 Å². The Bertz CT molecular complexity index is 312. The Labute approximate surface area is 97.9 Å². The third-order valence-electron chi connectivity index (χ3n) is 3.53. The van der Waals surface area contributed by atoms with E-state index in [-0.39, 0.29) is 0 Å². The molecule has 0 aliphatic carbocycles. The van der Waals surface area contributed by atoms with Gasteiger partial charge in [0, 0.05) is 24.5 Å². The molecule has 1 aliphatic rings. The van der Waals surface area contributed by atoms with E-state index in [1.54, 1.807) is 0 Å². The molecule has 1 aromatic rings. The minimum atomic E-state index is 0.855. The molecule has 0 amide bonds. The lowest BCUT2D eigenvalue weighted by molar-refractivity contribution is 0.174. The van der Waals surface area contributed by atoms with Gasteiger partial charge in [0.05, 0.1) is 0 Å². The van der Waals surface area contributed by atoms with E-state index in [1.807, 2.05) is 19.3 Å². The van der Waals surface area contributed by atoms with Crippen LogP contribution in [0.1, 0.15) is 37.6 Å². The van der Waals surface area contributed by atoms with Gasteiger partial charge in [-0.1, -0.05) is 13.3 Å². The van der Waals surface area contributed by atoms with Crippen molar-refractivity contribution in [1.29, 1.82) is 0 Å². The van der Waals surface area contributed by atoms with E-state index in [0.717, 1.165) is 18.3 Å². The third-order valence-corrected chi connectivity index (χ3v) is 3.53. The molecular weight excluding hydrogens is 198 g/mol. The summed E-state index contributed by atoms with van der Waals surface area (Å²) in [6, 6.07) is 0. The first-order valence-electron chi connectivity index (χ1n) is 6.28. The first-order chi connectivity index (χ1) is 7.78. The SMILES string of the molecule is CCC1CCN(Cc2cnc(C)nc2)CC1. The highest BCUT2D eigenvalue weighted by Gasteiger charge is 2.17. The van der Waals surface area contributed by atoms with Crippen molar-refractivity contribution in [1.82, 2.24) is 14.9 Å². The van der Waals surface area contributed by atoms with Gasteiger partial charge in [0.1, 0.15) is 5.82 Å². The summed E-state index contributed by atoms with van der Waals surface area (Å²) in [6.45, 7) is 7.69. The highest BCUT2D eigenvalue weighted by molar-refractivity contribution is 5.04. The summed E-state index contributed by atoms with van der Waals surface area (Å²) in [6.07, 6.45) is 7.94. The fraction of sp³-hybridized carbons (Fsp3) is 0.692. The Morgan fingerprint density at radius 2 is 1.88 bits per heavy atom. The van der Waals surface area contributed by atoms with E-state index >= 15 is 0 Å². The highest BCUT2D eigenvalue weighted by atomic mass is 15.1. The molecule has 3 nitrogen and oxygen atoms in total. The van der Waals surface area contributed by atoms with Gasteiger partial charge in [-0.2, -0.15) is 0 Å². The van der Waals surface area contributed by atoms with Crippen LogP contribution in [0.25, 0.3) is 0 Å². The molecule has 1 saturated heterocycles. The van der Waals surface area contributed by atoms with Crippen molar-refractivity contribution < 1.29 is 0 Å². The van der Waals surface area contributed by atoms with Gasteiger partial charge in [0.15, 0.2) is 0 Å².